The number of aliphatic hydroxyl groups excluding tert-OH is 1. The summed E-state index contributed by atoms with van der Waals surface area (Å²) in [6.07, 6.45) is 3.28. The van der Waals surface area contributed by atoms with E-state index in [2.05, 4.69) is 4.98 Å². The van der Waals surface area contributed by atoms with Gasteiger partial charge in [0, 0.05) is 24.5 Å². The fourth-order valence-electron chi connectivity index (χ4n) is 3.77. The van der Waals surface area contributed by atoms with E-state index in [0.717, 1.165) is 11.1 Å². The first-order chi connectivity index (χ1) is 15.1. The van der Waals surface area contributed by atoms with Crippen LogP contribution >= 0.6 is 0 Å². The second kappa shape index (κ2) is 8.83. The van der Waals surface area contributed by atoms with Crippen LogP contribution in [0, 0.1) is 0 Å². The predicted octanol–water partition coefficient (Wildman–Crippen LogP) is 4.10. The lowest BCUT2D eigenvalue weighted by Crippen LogP contribution is -2.29. The van der Waals surface area contributed by atoms with Crippen molar-refractivity contribution >= 4 is 17.4 Å². The zero-order valence-corrected chi connectivity index (χ0v) is 17.1. The average Bonchev–Trinajstić information content (AvgIpc) is 3.05. The number of Topliss-reactive ketones (excluding diaryl/α,β-unsaturated/α-hetero) is 1. The largest absolute Gasteiger partial charge is 0.507 e. The molecule has 2 aromatic carbocycles. The molecule has 156 valence electrons. The molecular formula is C25H22N2O4. The van der Waals surface area contributed by atoms with Crippen LogP contribution in [0.25, 0.3) is 5.76 Å². The number of ether oxygens (including phenoxy) is 1. The molecule has 1 aromatic heterocycles. The number of hydrogen-bond acceptors (Lipinski definition) is 5. The number of aromatic nitrogens is 1. The Kier molecular flexibility index (Phi) is 5.80. The Morgan fingerprint density at radius 2 is 1.77 bits per heavy atom. The lowest BCUT2D eigenvalue weighted by Gasteiger charge is -2.25. The quantitative estimate of drug-likeness (QED) is 0.373. The van der Waals surface area contributed by atoms with Crippen molar-refractivity contribution in [3.05, 3.63) is 101 Å². The molecule has 0 bridgehead atoms. The highest BCUT2D eigenvalue weighted by atomic mass is 16.5. The van der Waals surface area contributed by atoms with Gasteiger partial charge in [0.1, 0.15) is 11.5 Å². The van der Waals surface area contributed by atoms with Gasteiger partial charge in [0.2, 0.25) is 0 Å². The summed E-state index contributed by atoms with van der Waals surface area (Å²) in [7, 11) is 0. The molecule has 31 heavy (non-hydrogen) atoms. The predicted molar refractivity (Wildman–Crippen MR) is 116 cm³/mol. The molecule has 1 amide bonds. The van der Waals surface area contributed by atoms with E-state index in [1.165, 1.54) is 4.90 Å². The minimum atomic E-state index is -0.706. The van der Waals surface area contributed by atoms with Gasteiger partial charge in [0.25, 0.3) is 11.7 Å². The van der Waals surface area contributed by atoms with Gasteiger partial charge in [-0.2, -0.15) is 0 Å². The lowest BCUT2D eigenvalue weighted by atomic mass is 9.95. The number of rotatable bonds is 6. The van der Waals surface area contributed by atoms with Gasteiger partial charge in [-0.3, -0.25) is 14.6 Å². The fraction of sp³-hybridized carbons (Fsp3) is 0.160. The summed E-state index contributed by atoms with van der Waals surface area (Å²) in [5, 5.41) is 11.1. The van der Waals surface area contributed by atoms with Gasteiger partial charge < -0.3 is 14.7 Å². The highest BCUT2D eigenvalue weighted by Crippen LogP contribution is 2.40. The number of likely N-dealkylation sites (tertiary alicyclic amines) is 1. The maximum Gasteiger partial charge on any atom is 0.295 e. The smallest absolute Gasteiger partial charge is 0.295 e. The third-order valence-electron chi connectivity index (χ3n) is 5.18. The van der Waals surface area contributed by atoms with Gasteiger partial charge in [-0.1, -0.05) is 42.5 Å². The van der Waals surface area contributed by atoms with Crippen LogP contribution in [0.5, 0.6) is 5.75 Å². The highest BCUT2D eigenvalue weighted by molar-refractivity contribution is 6.46. The van der Waals surface area contributed by atoms with Crippen molar-refractivity contribution in [1.82, 2.24) is 9.88 Å². The van der Waals surface area contributed by atoms with E-state index in [0.29, 0.717) is 17.9 Å². The number of aliphatic hydroxyl groups is 1. The zero-order valence-electron chi connectivity index (χ0n) is 17.1. The van der Waals surface area contributed by atoms with Gasteiger partial charge in [0.05, 0.1) is 18.2 Å². The molecule has 0 unspecified atom stereocenters. The normalized spacial score (nSPS) is 17.7. The first-order valence-electron chi connectivity index (χ1n) is 10.1. The molecule has 1 atom stereocenters. The van der Waals surface area contributed by atoms with Gasteiger partial charge in [0.15, 0.2) is 0 Å². The molecular weight excluding hydrogens is 392 g/mol. The molecule has 1 aliphatic heterocycles. The SMILES string of the molecule is CCOc1cccc(C(O)=C2C(=O)C(=O)N(Cc3ccncc3)[C@H]2c2ccccc2)c1. The third-order valence-corrected chi connectivity index (χ3v) is 5.18. The Morgan fingerprint density at radius 3 is 2.48 bits per heavy atom. The standard InChI is InChI=1S/C25H22N2O4/c1-2-31-20-10-6-9-19(15-20)23(28)21-22(18-7-4-3-5-8-18)27(25(30)24(21)29)16-17-11-13-26-14-12-17/h3-15,22,28H,2,16H2,1H3/t22-/m0/s1. The number of benzene rings is 2. The van der Waals surface area contributed by atoms with Crippen molar-refractivity contribution < 1.29 is 19.4 Å². The molecule has 1 saturated heterocycles. The van der Waals surface area contributed by atoms with Crippen LogP contribution in [0.2, 0.25) is 0 Å². The van der Waals surface area contributed by atoms with Crippen LogP contribution in [-0.4, -0.2) is 33.3 Å². The molecule has 3 aromatic rings. The Labute approximate surface area is 180 Å². The summed E-state index contributed by atoms with van der Waals surface area (Å²) in [5.74, 6) is -0.991. The van der Waals surface area contributed by atoms with E-state index in [4.69, 9.17) is 4.74 Å². The fourth-order valence-corrected chi connectivity index (χ4v) is 3.77. The summed E-state index contributed by atoms with van der Waals surface area (Å²) in [6.45, 7) is 2.57. The maximum absolute atomic E-state index is 13.1. The first kappa shape index (κ1) is 20.3. The van der Waals surface area contributed by atoms with E-state index in [1.54, 1.807) is 48.8 Å². The minimum Gasteiger partial charge on any atom is -0.507 e. The van der Waals surface area contributed by atoms with E-state index >= 15 is 0 Å². The van der Waals surface area contributed by atoms with Crippen LogP contribution in [0.3, 0.4) is 0 Å². The number of carbonyl (C=O) groups excluding carboxylic acids is 2. The van der Waals surface area contributed by atoms with Gasteiger partial charge >= 0.3 is 0 Å². The second-order valence-corrected chi connectivity index (χ2v) is 7.15. The number of pyridine rings is 1. The molecule has 4 rings (SSSR count). The Morgan fingerprint density at radius 1 is 1.03 bits per heavy atom. The molecule has 6 nitrogen and oxygen atoms in total. The molecule has 1 fully saturated rings. The Bertz CT molecular complexity index is 1130. The van der Waals surface area contributed by atoms with Crippen molar-refractivity contribution in [2.75, 3.05) is 6.61 Å². The second-order valence-electron chi connectivity index (χ2n) is 7.15. The topological polar surface area (TPSA) is 79.7 Å². The summed E-state index contributed by atoms with van der Waals surface area (Å²) >= 11 is 0. The lowest BCUT2D eigenvalue weighted by molar-refractivity contribution is -0.140. The van der Waals surface area contributed by atoms with Crippen molar-refractivity contribution in [3.8, 4) is 5.75 Å². The number of hydrogen-bond donors (Lipinski definition) is 1. The van der Waals surface area contributed by atoms with Crippen molar-refractivity contribution in [1.29, 1.82) is 0 Å². The maximum atomic E-state index is 13.1. The van der Waals surface area contributed by atoms with Crippen LogP contribution in [-0.2, 0) is 16.1 Å². The summed E-state index contributed by atoms with van der Waals surface area (Å²) in [5.41, 5.74) is 2.09. The van der Waals surface area contributed by atoms with Crippen LogP contribution in [0.4, 0.5) is 0 Å². The molecule has 6 heteroatoms. The first-order valence-corrected chi connectivity index (χ1v) is 10.1. The van der Waals surface area contributed by atoms with Gasteiger partial charge in [-0.05, 0) is 42.3 Å². The van der Waals surface area contributed by atoms with E-state index < -0.39 is 17.7 Å². The monoisotopic (exact) mass is 414 g/mol. The van der Waals surface area contributed by atoms with Crippen molar-refractivity contribution in [3.63, 3.8) is 0 Å². The number of ketones is 1. The van der Waals surface area contributed by atoms with E-state index in [-0.39, 0.29) is 17.9 Å². The van der Waals surface area contributed by atoms with Crippen molar-refractivity contribution in [2.45, 2.75) is 19.5 Å². The highest BCUT2D eigenvalue weighted by Gasteiger charge is 2.46. The third kappa shape index (κ3) is 4.05. The molecule has 1 aliphatic rings. The average molecular weight is 414 g/mol. The molecule has 1 N–H and O–H groups in total. The Balaban J connectivity index is 1.83. The molecule has 2 heterocycles. The molecule has 0 spiro atoms. The van der Waals surface area contributed by atoms with Gasteiger partial charge in [-0.25, -0.2) is 0 Å². The minimum absolute atomic E-state index is 0.0684. The van der Waals surface area contributed by atoms with E-state index in [9.17, 15) is 14.7 Å². The Hall–Kier alpha value is -3.93. The summed E-state index contributed by atoms with van der Waals surface area (Å²) in [6, 6.07) is 19.0. The van der Waals surface area contributed by atoms with Crippen LogP contribution < -0.4 is 4.74 Å². The number of nitrogens with zero attached hydrogens (tertiary/aromatic N) is 2. The molecule has 0 aliphatic carbocycles. The van der Waals surface area contributed by atoms with Crippen molar-refractivity contribution in [2.24, 2.45) is 0 Å². The zero-order chi connectivity index (χ0) is 21.8. The van der Waals surface area contributed by atoms with Gasteiger partial charge in [-0.15, -0.1) is 0 Å². The number of amides is 1. The summed E-state index contributed by atoms with van der Waals surface area (Å²) < 4.78 is 5.52. The molecule has 0 saturated carbocycles. The molecule has 0 radical (unpaired) electrons. The summed E-state index contributed by atoms with van der Waals surface area (Å²) in [4.78, 5) is 31.6. The number of carbonyl (C=O) groups is 2. The van der Waals surface area contributed by atoms with Crippen LogP contribution in [0.1, 0.15) is 29.7 Å². The van der Waals surface area contributed by atoms with E-state index in [1.807, 2.05) is 37.3 Å². The van der Waals surface area contributed by atoms with Crippen LogP contribution in [0.15, 0.2) is 84.7 Å².